The third-order valence-corrected chi connectivity index (χ3v) is 14.2. The average molecular weight is 988 g/mol. The number of aliphatic hydroxyl groups is 8. The van der Waals surface area contributed by atoms with Gasteiger partial charge in [-0.1, -0.05) is 225 Å². The van der Waals surface area contributed by atoms with Gasteiger partial charge in [0.1, 0.15) is 48.8 Å². The molecule has 9 N–H and O–H groups in total. The van der Waals surface area contributed by atoms with Gasteiger partial charge in [-0.3, -0.25) is 4.79 Å². The Morgan fingerprint density at radius 3 is 1.33 bits per heavy atom. The molecule has 2 heterocycles. The van der Waals surface area contributed by atoms with Crippen LogP contribution in [0.2, 0.25) is 0 Å². The smallest absolute Gasteiger partial charge is 0.220 e. The fraction of sp³-hybridized carbons (Fsp3) is 0.945. The van der Waals surface area contributed by atoms with Gasteiger partial charge in [-0.25, -0.2) is 0 Å². The number of carbonyl (C=O) groups excluding carboxylic acids is 1. The highest BCUT2D eigenvalue weighted by molar-refractivity contribution is 5.76. The van der Waals surface area contributed by atoms with Crippen molar-refractivity contribution < 1.29 is 64.6 Å². The highest BCUT2D eigenvalue weighted by Crippen LogP contribution is 2.30. The van der Waals surface area contributed by atoms with Crippen LogP contribution in [0.1, 0.15) is 239 Å². The van der Waals surface area contributed by atoms with Gasteiger partial charge in [-0.2, -0.15) is 0 Å². The van der Waals surface area contributed by atoms with E-state index in [4.69, 9.17) is 18.9 Å². The molecule has 0 saturated carbocycles. The van der Waals surface area contributed by atoms with Crippen molar-refractivity contribution in [1.82, 2.24) is 5.32 Å². The van der Waals surface area contributed by atoms with Crippen LogP contribution in [-0.4, -0.2) is 140 Å². The number of hydrogen-bond donors (Lipinski definition) is 9. The van der Waals surface area contributed by atoms with Crippen LogP contribution in [0.5, 0.6) is 0 Å². The maximum absolute atomic E-state index is 12.9. The lowest BCUT2D eigenvalue weighted by Gasteiger charge is -2.46. The van der Waals surface area contributed by atoms with Crippen molar-refractivity contribution in [1.29, 1.82) is 0 Å². The van der Waals surface area contributed by atoms with Crippen molar-refractivity contribution in [3.63, 3.8) is 0 Å². The summed E-state index contributed by atoms with van der Waals surface area (Å²) >= 11 is 0. The largest absolute Gasteiger partial charge is 0.394 e. The van der Waals surface area contributed by atoms with Crippen molar-refractivity contribution >= 4 is 5.91 Å². The second-order valence-electron chi connectivity index (χ2n) is 20.4. The van der Waals surface area contributed by atoms with Gasteiger partial charge < -0.3 is 65.1 Å². The number of hydrogen-bond acceptors (Lipinski definition) is 13. The van der Waals surface area contributed by atoms with Crippen LogP contribution in [0, 0.1) is 0 Å². The number of allylic oxidation sites excluding steroid dienone is 1. The van der Waals surface area contributed by atoms with Crippen LogP contribution in [0.15, 0.2) is 12.2 Å². The Kier molecular flexibility index (Phi) is 39.0. The fourth-order valence-corrected chi connectivity index (χ4v) is 9.59. The first kappa shape index (κ1) is 63.8. The fourth-order valence-electron chi connectivity index (χ4n) is 9.59. The molecule has 12 unspecified atom stereocenters. The van der Waals surface area contributed by atoms with E-state index in [9.17, 15) is 45.6 Å². The normalized spacial score (nSPS) is 26.2. The summed E-state index contributed by atoms with van der Waals surface area (Å²) in [6.45, 7) is 2.67. The van der Waals surface area contributed by atoms with Crippen molar-refractivity contribution in [2.24, 2.45) is 0 Å². The van der Waals surface area contributed by atoms with Crippen LogP contribution < -0.4 is 5.32 Å². The van der Waals surface area contributed by atoms with E-state index in [0.717, 1.165) is 38.5 Å². The molecule has 0 aromatic rings. The Morgan fingerprint density at radius 1 is 0.507 bits per heavy atom. The van der Waals surface area contributed by atoms with E-state index in [2.05, 4.69) is 19.2 Å². The second-order valence-corrected chi connectivity index (χ2v) is 20.4. The summed E-state index contributed by atoms with van der Waals surface area (Å²) in [5, 5.41) is 86.3. The molecule has 0 aromatic heterocycles. The van der Waals surface area contributed by atoms with E-state index in [1.54, 1.807) is 6.08 Å². The SMILES string of the molecule is CCCCCCCCCCCCCCCCCCCCCCCCCCCCCCC/C=C/C(O)C(COC1OC(CO)C(OC2OC(CO)C(O)C(O)C2O)C(O)C1O)NC(=O)CCCCCC. The molecule has 0 aliphatic carbocycles. The van der Waals surface area contributed by atoms with Crippen LogP contribution in [-0.2, 0) is 23.7 Å². The van der Waals surface area contributed by atoms with Crippen LogP contribution >= 0.6 is 0 Å². The molecule has 0 bridgehead atoms. The van der Waals surface area contributed by atoms with E-state index < -0.39 is 86.8 Å². The first-order valence-electron chi connectivity index (χ1n) is 28.4. The summed E-state index contributed by atoms with van der Waals surface area (Å²) < 4.78 is 22.6. The number of unbranched alkanes of at least 4 members (excludes halogenated alkanes) is 32. The zero-order valence-electron chi connectivity index (χ0n) is 43.6. The molecule has 12 atom stereocenters. The Morgan fingerprint density at radius 2 is 0.899 bits per heavy atom. The lowest BCUT2D eigenvalue weighted by molar-refractivity contribution is -0.359. The van der Waals surface area contributed by atoms with Crippen molar-refractivity contribution in [2.45, 2.75) is 312 Å². The summed E-state index contributed by atoms with van der Waals surface area (Å²) in [5.74, 6) is -0.255. The van der Waals surface area contributed by atoms with E-state index >= 15 is 0 Å². The van der Waals surface area contributed by atoms with Crippen LogP contribution in [0.3, 0.4) is 0 Å². The molecule has 0 aromatic carbocycles. The topological polar surface area (TPSA) is 228 Å². The molecule has 0 spiro atoms. The molecular formula is C55H105NO13. The first-order chi connectivity index (χ1) is 33.6. The molecular weight excluding hydrogens is 883 g/mol. The molecule has 14 nitrogen and oxygen atoms in total. The highest BCUT2D eigenvalue weighted by Gasteiger charge is 2.51. The average Bonchev–Trinajstić information content (AvgIpc) is 3.35. The number of rotatable bonds is 45. The molecule has 2 aliphatic heterocycles. The molecule has 0 radical (unpaired) electrons. The van der Waals surface area contributed by atoms with Gasteiger partial charge in [-0.05, 0) is 19.3 Å². The number of ether oxygens (including phenoxy) is 4. The molecule has 69 heavy (non-hydrogen) atoms. The van der Waals surface area contributed by atoms with Crippen molar-refractivity contribution in [3.05, 3.63) is 12.2 Å². The quantitative estimate of drug-likeness (QED) is 0.0206. The van der Waals surface area contributed by atoms with E-state index in [1.807, 2.05) is 6.08 Å². The standard InChI is InChI=1S/C55H105NO13/c1-3-5-7-9-10-11-12-13-14-15-16-17-18-19-20-21-22-23-24-25-26-27-28-29-30-31-32-33-34-35-36-38-44(59)43(56-47(60)39-37-8-6-4-2)42-66-54-52(65)50(63)53(46(41-58)68-54)69-55-51(64)49(62)48(61)45(40-57)67-55/h36,38,43-46,48-55,57-59,61-65H,3-35,37,39-42H2,1-2H3,(H,56,60)/b38-36+. The lowest BCUT2D eigenvalue weighted by Crippen LogP contribution is -2.65. The molecule has 408 valence electrons. The van der Waals surface area contributed by atoms with E-state index in [-0.39, 0.29) is 18.9 Å². The Hall–Kier alpha value is -1.27. The second kappa shape index (κ2) is 42.1. The lowest BCUT2D eigenvalue weighted by atomic mass is 9.97. The van der Waals surface area contributed by atoms with Gasteiger partial charge in [0.05, 0.1) is 32.0 Å². The number of aliphatic hydroxyl groups excluding tert-OH is 8. The minimum atomic E-state index is -1.78. The van der Waals surface area contributed by atoms with Crippen LogP contribution in [0.25, 0.3) is 0 Å². The predicted octanol–water partition coefficient (Wildman–Crippen LogP) is 8.72. The van der Waals surface area contributed by atoms with Crippen molar-refractivity contribution in [2.75, 3.05) is 19.8 Å². The van der Waals surface area contributed by atoms with E-state index in [1.165, 1.54) is 173 Å². The maximum Gasteiger partial charge on any atom is 0.220 e. The van der Waals surface area contributed by atoms with E-state index in [0.29, 0.717) is 6.42 Å². The molecule has 2 aliphatic rings. The summed E-state index contributed by atoms with van der Waals surface area (Å²) in [6, 6.07) is -0.905. The Bertz CT molecular complexity index is 1210. The minimum Gasteiger partial charge on any atom is -0.394 e. The van der Waals surface area contributed by atoms with Gasteiger partial charge in [0.15, 0.2) is 12.6 Å². The summed E-state index contributed by atoms with van der Waals surface area (Å²) in [7, 11) is 0. The summed E-state index contributed by atoms with van der Waals surface area (Å²) in [6.07, 6.45) is 30.9. The summed E-state index contributed by atoms with van der Waals surface area (Å²) in [4.78, 5) is 12.9. The Balaban J connectivity index is 1.57. The summed E-state index contributed by atoms with van der Waals surface area (Å²) in [5.41, 5.74) is 0. The molecule has 2 fully saturated rings. The van der Waals surface area contributed by atoms with Gasteiger partial charge in [0.2, 0.25) is 5.91 Å². The number of nitrogens with one attached hydrogen (secondary N) is 1. The van der Waals surface area contributed by atoms with Crippen molar-refractivity contribution in [3.8, 4) is 0 Å². The van der Waals surface area contributed by atoms with Gasteiger partial charge in [0, 0.05) is 6.42 Å². The molecule has 1 amide bonds. The predicted molar refractivity (Wildman–Crippen MR) is 272 cm³/mol. The molecule has 2 saturated heterocycles. The Labute approximate surface area is 418 Å². The number of carbonyl (C=O) groups is 1. The minimum absolute atomic E-state index is 0.255. The van der Waals surface area contributed by atoms with Crippen LogP contribution in [0.4, 0.5) is 0 Å². The van der Waals surface area contributed by atoms with Gasteiger partial charge in [-0.15, -0.1) is 0 Å². The zero-order valence-corrected chi connectivity index (χ0v) is 43.6. The van der Waals surface area contributed by atoms with Gasteiger partial charge >= 0.3 is 0 Å². The molecule has 2 rings (SSSR count). The maximum atomic E-state index is 12.9. The first-order valence-corrected chi connectivity index (χ1v) is 28.4. The third kappa shape index (κ3) is 28.7. The monoisotopic (exact) mass is 988 g/mol. The molecule has 14 heteroatoms. The zero-order chi connectivity index (χ0) is 50.3. The van der Waals surface area contributed by atoms with Gasteiger partial charge in [0.25, 0.3) is 0 Å². The number of amides is 1. The highest BCUT2D eigenvalue weighted by atomic mass is 16.7. The third-order valence-electron chi connectivity index (χ3n) is 14.2.